The number of aromatic nitrogens is 1. The van der Waals surface area contributed by atoms with Gasteiger partial charge in [-0.25, -0.2) is 4.98 Å². The molecule has 1 rings (SSSR count). The highest BCUT2D eigenvalue weighted by atomic mass is 35.5. The molecule has 0 unspecified atom stereocenters. The number of carbonyl (C=O) groups excluding carboxylic acids is 2. The Morgan fingerprint density at radius 1 is 1.33 bits per heavy atom. The molecule has 2 N–H and O–H groups in total. The quantitative estimate of drug-likeness (QED) is 0.810. The lowest BCUT2D eigenvalue weighted by Gasteiger charge is -2.06. The van der Waals surface area contributed by atoms with E-state index in [1.165, 1.54) is 12.3 Å². The van der Waals surface area contributed by atoms with Gasteiger partial charge in [-0.05, 0) is 12.5 Å². The van der Waals surface area contributed by atoms with Crippen LogP contribution in [-0.4, -0.2) is 29.9 Å². The van der Waals surface area contributed by atoms with Gasteiger partial charge in [0, 0.05) is 12.7 Å². The van der Waals surface area contributed by atoms with E-state index in [4.69, 9.17) is 23.2 Å². The van der Waals surface area contributed by atoms with Gasteiger partial charge in [-0.2, -0.15) is 0 Å². The summed E-state index contributed by atoms with van der Waals surface area (Å²) in [6, 6.07) is 1.40. The highest BCUT2D eigenvalue weighted by Gasteiger charge is 2.10. The highest BCUT2D eigenvalue weighted by Crippen LogP contribution is 2.19. The number of nitrogens with zero attached hydrogens (tertiary/aromatic N) is 1. The van der Waals surface area contributed by atoms with Gasteiger partial charge in [-0.3, -0.25) is 9.59 Å². The maximum absolute atomic E-state index is 11.7. The lowest BCUT2D eigenvalue weighted by molar-refractivity contribution is -0.120. The molecule has 0 aliphatic heterocycles. The Labute approximate surface area is 115 Å². The lowest BCUT2D eigenvalue weighted by atomic mass is 10.2. The SMILES string of the molecule is CCCNC(=O)CNC(=O)c1cnc(Cl)c(Cl)c1. The molecule has 98 valence electrons. The van der Waals surface area contributed by atoms with Crippen molar-refractivity contribution in [2.75, 3.05) is 13.1 Å². The molecule has 2 amide bonds. The van der Waals surface area contributed by atoms with E-state index in [-0.39, 0.29) is 28.2 Å². The second-order valence-electron chi connectivity index (χ2n) is 3.53. The zero-order chi connectivity index (χ0) is 13.5. The van der Waals surface area contributed by atoms with E-state index < -0.39 is 5.91 Å². The van der Waals surface area contributed by atoms with Crippen LogP contribution in [0.2, 0.25) is 10.2 Å². The third kappa shape index (κ3) is 4.50. The van der Waals surface area contributed by atoms with Crippen molar-refractivity contribution in [1.29, 1.82) is 0 Å². The van der Waals surface area contributed by atoms with Crippen molar-refractivity contribution in [3.8, 4) is 0 Å². The molecule has 0 radical (unpaired) electrons. The number of rotatable bonds is 5. The Morgan fingerprint density at radius 2 is 2.06 bits per heavy atom. The summed E-state index contributed by atoms with van der Waals surface area (Å²) in [5.74, 6) is -0.661. The van der Waals surface area contributed by atoms with Crippen molar-refractivity contribution in [3.05, 3.63) is 28.0 Å². The van der Waals surface area contributed by atoms with Crippen molar-refractivity contribution < 1.29 is 9.59 Å². The smallest absolute Gasteiger partial charge is 0.253 e. The molecule has 0 atom stereocenters. The maximum atomic E-state index is 11.7. The first-order chi connectivity index (χ1) is 8.54. The Balaban J connectivity index is 2.50. The van der Waals surface area contributed by atoms with E-state index in [0.717, 1.165) is 6.42 Å². The molecule has 0 bridgehead atoms. The van der Waals surface area contributed by atoms with Crippen LogP contribution in [0.4, 0.5) is 0 Å². The molecule has 1 aromatic rings. The first-order valence-electron chi connectivity index (χ1n) is 5.40. The summed E-state index contributed by atoms with van der Waals surface area (Å²) in [6.45, 7) is 2.45. The summed E-state index contributed by atoms with van der Waals surface area (Å²) in [5, 5.41) is 5.43. The number of nitrogens with one attached hydrogen (secondary N) is 2. The van der Waals surface area contributed by atoms with Crippen molar-refractivity contribution in [1.82, 2.24) is 15.6 Å². The largest absolute Gasteiger partial charge is 0.355 e. The molecule has 0 spiro atoms. The minimum atomic E-state index is -0.423. The molecule has 0 aliphatic carbocycles. The van der Waals surface area contributed by atoms with Crippen LogP contribution in [0, 0.1) is 0 Å². The van der Waals surface area contributed by atoms with E-state index in [1.807, 2.05) is 6.92 Å². The molecule has 0 saturated heterocycles. The lowest BCUT2D eigenvalue weighted by Crippen LogP contribution is -2.37. The number of pyridine rings is 1. The number of hydrogen-bond acceptors (Lipinski definition) is 3. The zero-order valence-corrected chi connectivity index (χ0v) is 11.3. The van der Waals surface area contributed by atoms with Crippen molar-refractivity contribution in [3.63, 3.8) is 0 Å². The summed E-state index contributed by atoms with van der Waals surface area (Å²) in [5.41, 5.74) is 0.257. The average molecular weight is 290 g/mol. The topological polar surface area (TPSA) is 71.1 Å². The molecule has 5 nitrogen and oxygen atoms in total. The van der Waals surface area contributed by atoms with Crippen LogP contribution in [0.1, 0.15) is 23.7 Å². The highest BCUT2D eigenvalue weighted by molar-refractivity contribution is 6.41. The second-order valence-corrected chi connectivity index (χ2v) is 4.29. The second kappa shape index (κ2) is 7.18. The van der Waals surface area contributed by atoms with E-state index in [9.17, 15) is 9.59 Å². The number of amides is 2. The molecule has 0 saturated carbocycles. The van der Waals surface area contributed by atoms with Crippen LogP contribution in [0.25, 0.3) is 0 Å². The third-order valence-corrected chi connectivity index (χ3v) is 2.73. The van der Waals surface area contributed by atoms with Crippen LogP contribution < -0.4 is 10.6 Å². The number of carbonyl (C=O) groups is 2. The fraction of sp³-hybridized carbons (Fsp3) is 0.364. The summed E-state index contributed by atoms with van der Waals surface area (Å²) >= 11 is 11.4. The van der Waals surface area contributed by atoms with Crippen LogP contribution in [0.3, 0.4) is 0 Å². The van der Waals surface area contributed by atoms with E-state index >= 15 is 0 Å². The Hall–Kier alpha value is -1.33. The fourth-order valence-electron chi connectivity index (χ4n) is 1.13. The number of hydrogen-bond donors (Lipinski definition) is 2. The molecule has 7 heteroatoms. The van der Waals surface area contributed by atoms with Gasteiger partial charge in [-0.15, -0.1) is 0 Å². The van der Waals surface area contributed by atoms with Gasteiger partial charge in [0.1, 0.15) is 5.15 Å². The summed E-state index contributed by atoms with van der Waals surface area (Å²) in [6.07, 6.45) is 2.14. The van der Waals surface area contributed by atoms with Crippen LogP contribution in [0.15, 0.2) is 12.3 Å². The molecule has 1 aromatic heterocycles. The average Bonchev–Trinajstić information content (AvgIpc) is 2.36. The summed E-state index contributed by atoms with van der Waals surface area (Å²) in [7, 11) is 0. The van der Waals surface area contributed by atoms with Gasteiger partial charge in [0.2, 0.25) is 5.91 Å². The maximum Gasteiger partial charge on any atom is 0.253 e. The van der Waals surface area contributed by atoms with Crippen LogP contribution in [0.5, 0.6) is 0 Å². The minimum absolute atomic E-state index is 0.0842. The standard InChI is InChI=1S/C11H13Cl2N3O2/c1-2-3-14-9(17)6-16-11(18)7-4-8(12)10(13)15-5-7/h4-5H,2-3,6H2,1H3,(H,14,17)(H,16,18). The van der Waals surface area contributed by atoms with Gasteiger partial charge < -0.3 is 10.6 Å². The Morgan fingerprint density at radius 3 is 2.67 bits per heavy atom. The van der Waals surface area contributed by atoms with Crippen LogP contribution >= 0.6 is 23.2 Å². The van der Waals surface area contributed by atoms with Gasteiger partial charge in [0.05, 0.1) is 17.1 Å². The molecular formula is C11H13Cl2N3O2. The molecule has 0 fully saturated rings. The summed E-state index contributed by atoms with van der Waals surface area (Å²) in [4.78, 5) is 26.7. The Kier molecular flexibility index (Phi) is 5.88. The van der Waals surface area contributed by atoms with Gasteiger partial charge in [0.25, 0.3) is 5.91 Å². The van der Waals surface area contributed by atoms with Gasteiger partial charge in [-0.1, -0.05) is 30.1 Å². The minimum Gasteiger partial charge on any atom is -0.355 e. The predicted octanol–water partition coefficient (Wildman–Crippen LogP) is 1.64. The number of halogens is 2. The first kappa shape index (κ1) is 14.7. The van der Waals surface area contributed by atoms with Crippen molar-refractivity contribution in [2.45, 2.75) is 13.3 Å². The van der Waals surface area contributed by atoms with Crippen molar-refractivity contribution in [2.24, 2.45) is 0 Å². The first-order valence-corrected chi connectivity index (χ1v) is 6.16. The molecule has 1 heterocycles. The predicted molar refractivity (Wildman–Crippen MR) is 69.9 cm³/mol. The van der Waals surface area contributed by atoms with Gasteiger partial charge >= 0.3 is 0 Å². The Bertz CT molecular complexity index is 452. The molecule has 0 aliphatic rings. The summed E-state index contributed by atoms with van der Waals surface area (Å²) < 4.78 is 0. The molecule has 0 aromatic carbocycles. The van der Waals surface area contributed by atoms with Crippen LogP contribution in [-0.2, 0) is 4.79 Å². The van der Waals surface area contributed by atoms with Gasteiger partial charge in [0.15, 0.2) is 0 Å². The molecule has 18 heavy (non-hydrogen) atoms. The van der Waals surface area contributed by atoms with E-state index in [2.05, 4.69) is 15.6 Å². The zero-order valence-electron chi connectivity index (χ0n) is 9.80. The monoisotopic (exact) mass is 289 g/mol. The van der Waals surface area contributed by atoms with E-state index in [1.54, 1.807) is 0 Å². The van der Waals surface area contributed by atoms with Crippen molar-refractivity contribution >= 4 is 35.0 Å². The molecular weight excluding hydrogens is 277 g/mol. The fourth-order valence-corrected chi connectivity index (χ4v) is 1.40. The van der Waals surface area contributed by atoms with E-state index in [0.29, 0.717) is 6.54 Å². The normalized spacial score (nSPS) is 9.94. The third-order valence-electron chi connectivity index (χ3n) is 2.04.